The molecule has 0 amide bonds. The zero-order valence-electron chi connectivity index (χ0n) is 12.5. The van der Waals surface area contributed by atoms with Crippen LogP contribution >= 0.6 is 0 Å². The zero-order valence-corrected chi connectivity index (χ0v) is 13.3. The summed E-state index contributed by atoms with van der Waals surface area (Å²) in [6.07, 6.45) is 5.16. The maximum Gasteiger partial charge on any atom is 0.348 e. The van der Waals surface area contributed by atoms with Crippen LogP contribution in [-0.2, 0) is 19.6 Å². The van der Waals surface area contributed by atoms with Crippen molar-refractivity contribution in [3.05, 3.63) is 23.4 Å². The van der Waals surface area contributed by atoms with Crippen LogP contribution in [0.2, 0.25) is 0 Å². The van der Waals surface area contributed by atoms with Gasteiger partial charge in [-0.25, -0.2) is 4.79 Å². The number of nitrogens with zero attached hydrogens (tertiary/aromatic N) is 2. The van der Waals surface area contributed by atoms with E-state index in [1.165, 1.54) is 6.08 Å². The van der Waals surface area contributed by atoms with Gasteiger partial charge < -0.3 is 9.64 Å². The van der Waals surface area contributed by atoms with Gasteiger partial charge in [-0.1, -0.05) is 0 Å². The van der Waals surface area contributed by atoms with E-state index in [0.29, 0.717) is 13.0 Å². The quantitative estimate of drug-likeness (QED) is 0.324. The number of hydrogen-bond donors (Lipinski definition) is 1. The van der Waals surface area contributed by atoms with Crippen LogP contribution in [0.3, 0.4) is 0 Å². The largest absolute Gasteiger partial charge is 0.462 e. The molecule has 0 spiro atoms. The molecule has 0 aliphatic carbocycles. The normalized spacial score (nSPS) is 17.6. The fourth-order valence-electron chi connectivity index (χ4n) is 2.17. The average Bonchev–Trinajstić information content (AvgIpc) is 2.86. The van der Waals surface area contributed by atoms with Gasteiger partial charge >= 0.3 is 5.97 Å². The second-order valence-electron chi connectivity index (χ2n) is 4.80. The van der Waals surface area contributed by atoms with Gasteiger partial charge in [0.15, 0.2) is 0 Å². The second kappa shape index (κ2) is 8.56. The summed E-state index contributed by atoms with van der Waals surface area (Å²) < 4.78 is 34.9. The Morgan fingerprint density at radius 3 is 2.86 bits per heavy atom. The minimum atomic E-state index is -3.94. The highest BCUT2D eigenvalue weighted by molar-refractivity contribution is 7.85. The molecule has 1 fully saturated rings. The molecule has 1 rings (SSSR count). The van der Waals surface area contributed by atoms with Gasteiger partial charge in [-0.05, 0) is 38.3 Å². The lowest BCUT2D eigenvalue weighted by atomic mass is 10.2. The van der Waals surface area contributed by atoms with Crippen LogP contribution in [0.1, 0.15) is 26.2 Å². The van der Waals surface area contributed by atoms with Crippen LogP contribution in [0.25, 0.3) is 0 Å². The molecule has 0 atom stereocenters. The third-order valence-electron chi connectivity index (χ3n) is 3.16. The highest BCUT2D eigenvalue weighted by atomic mass is 32.2. The predicted molar refractivity (Wildman–Crippen MR) is 80.3 cm³/mol. The van der Waals surface area contributed by atoms with E-state index >= 15 is 0 Å². The standard InChI is InChI=1S/C14H20N2O5S/c1-2-21-14(17)12(11-15)6-7-13-5-3-8-16(13)9-4-10-22(18,19)20/h6-7H,2-5,8-10H2,1H3,(H,18,19,20). The van der Waals surface area contributed by atoms with E-state index < -0.39 is 16.1 Å². The Labute approximate surface area is 130 Å². The van der Waals surface area contributed by atoms with E-state index in [1.54, 1.807) is 19.1 Å². The molecule has 0 unspecified atom stereocenters. The summed E-state index contributed by atoms with van der Waals surface area (Å²) in [4.78, 5) is 13.5. The maximum atomic E-state index is 11.5. The van der Waals surface area contributed by atoms with Gasteiger partial charge in [-0.2, -0.15) is 13.7 Å². The number of hydrogen-bond acceptors (Lipinski definition) is 6. The first-order chi connectivity index (χ1) is 10.4. The highest BCUT2D eigenvalue weighted by Gasteiger charge is 2.17. The molecule has 0 saturated carbocycles. The molecule has 0 radical (unpaired) electrons. The SMILES string of the molecule is CCOC(=O)C(C#N)=CC=C1CCCN1CCCS(=O)(=O)O. The molecule has 22 heavy (non-hydrogen) atoms. The Hall–Kier alpha value is -1.85. The summed E-state index contributed by atoms with van der Waals surface area (Å²) in [6, 6.07) is 1.80. The van der Waals surface area contributed by atoms with Crippen molar-refractivity contribution in [3.8, 4) is 6.07 Å². The lowest BCUT2D eigenvalue weighted by Gasteiger charge is -2.19. The smallest absolute Gasteiger partial charge is 0.348 e. The van der Waals surface area contributed by atoms with Gasteiger partial charge in [0.1, 0.15) is 11.6 Å². The fourth-order valence-corrected chi connectivity index (χ4v) is 2.67. The van der Waals surface area contributed by atoms with Gasteiger partial charge in [-0.3, -0.25) is 4.55 Å². The summed E-state index contributed by atoms with van der Waals surface area (Å²) in [6.45, 7) is 3.16. The molecule has 8 heteroatoms. The van der Waals surface area contributed by atoms with E-state index in [4.69, 9.17) is 14.6 Å². The molecule has 0 bridgehead atoms. The molecular formula is C14H20N2O5S. The average molecular weight is 328 g/mol. The third-order valence-corrected chi connectivity index (χ3v) is 3.96. The van der Waals surface area contributed by atoms with Crippen molar-refractivity contribution in [1.82, 2.24) is 4.90 Å². The minimum absolute atomic E-state index is 0.0702. The molecule has 1 heterocycles. The van der Waals surface area contributed by atoms with Crippen LogP contribution in [-0.4, -0.2) is 49.3 Å². The van der Waals surface area contributed by atoms with Crippen molar-refractivity contribution in [2.45, 2.75) is 26.2 Å². The van der Waals surface area contributed by atoms with Crippen molar-refractivity contribution in [1.29, 1.82) is 5.26 Å². The molecule has 122 valence electrons. The fraction of sp³-hybridized carbons (Fsp3) is 0.571. The summed E-state index contributed by atoms with van der Waals surface area (Å²) in [5.74, 6) is -0.934. The topological polar surface area (TPSA) is 108 Å². The van der Waals surface area contributed by atoms with Gasteiger partial charge in [0.05, 0.1) is 12.4 Å². The zero-order chi connectivity index (χ0) is 16.6. The Bertz CT molecular complexity index is 601. The molecule has 7 nitrogen and oxygen atoms in total. The van der Waals surface area contributed by atoms with E-state index in [2.05, 4.69) is 0 Å². The molecular weight excluding hydrogens is 308 g/mol. The lowest BCUT2D eigenvalue weighted by molar-refractivity contribution is -0.138. The molecule has 0 aromatic rings. The number of nitriles is 1. The van der Waals surface area contributed by atoms with Crippen LogP contribution in [0.4, 0.5) is 0 Å². The van der Waals surface area contributed by atoms with Gasteiger partial charge in [0.25, 0.3) is 10.1 Å². The first-order valence-corrected chi connectivity index (χ1v) is 8.66. The van der Waals surface area contributed by atoms with Gasteiger partial charge in [0, 0.05) is 18.8 Å². The predicted octanol–water partition coefficient (Wildman–Crippen LogP) is 1.26. The first-order valence-electron chi connectivity index (χ1n) is 7.05. The number of carbonyl (C=O) groups is 1. The monoisotopic (exact) mass is 328 g/mol. The molecule has 1 N–H and O–H groups in total. The third kappa shape index (κ3) is 6.28. The Morgan fingerprint density at radius 1 is 1.55 bits per heavy atom. The Balaban J connectivity index is 2.68. The maximum absolute atomic E-state index is 11.5. The van der Waals surface area contributed by atoms with Crippen LogP contribution in [0.15, 0.2) is 23.4 Å². The number of allylic oxidation sites excluding steroid dienone is 3. The van der Waals surface area contributed by atoms with E-state index in [9.17, 15) is 13.2 Å². The summed E-state index contributed by atoms with van der Waals surface area (Å²) in [5, 5.41) is 8.94. The van der Waals surface area contributed by atoms with Crippen molar-refractivity contribution in [3.63, 3.8) is 0 Å². The minimum Gasteiger partial charge on any atom is -0.462 e. The van der Waals surface area contributed by atoms with Crippen LogP contribution in [0, 0.1) is 11.3 Å². The van der Waals surface area contributed by atoms with Crippen molar-refractivity contribution in [2.75, 3.05) is 25.4 Å². The van der Waals surface area contributed by atoms with Crippen molar-refractivity contribution < 1.29 is 22.5 Å². The molecule has 0 aromatic heterocycles. The van der Waals surface area contributed by atoms with E-state index in [-0.39, 0.29) is 17.9 Å². The molecule has 1 aliphatic heterocycles. The van der Waals surface area contributed by atoms with Crippen LogP contribution in [0.5, 0.6) is 0 Å². The molecule has 0 aromatic carbocycles. The van der Waals surface area contributed by atoms with E-state index in [0.717, 1.165) is 25.1 Å². The lowest BCUT2D eigenvalue weighted by Crippen LogP contribution is -2.21. The number of esters is 1. The summed E-state index contributed by atoms with van der Waals surface area (Å²) >= 11 is 0. The number of likely N-dealkylation sites (tertiary alicyclic amines) is 1. The van der Waals surface area contributed by atoms with Crippen molar-refractivity contribution >= 4 is 16.1 Å². The molecule has 1 saturated heterocycles. The summed E-state index contributed by atoms with van der Waals surface area (Å²) in [5.41, 5.74) is 0.867. The highest BCUT2D eigenvalue weighted by Crippen LogP contribution is 2.21. The van der Waals surface area contributed by atoms with Gasteiger partial charge in [-0.15, -0.1) is 0 Å². The van der Waals surface area contributed by atoms with Crippen LogP contribution < -0.4 is 0 Å². The van der Waals surface area contributed by atoms with Gasteiger partial charge in [0.2, 0.25) is 0 Å². The van der Waals surface area contributed by atoms with E-state index in [1.807, 2.05) is 4.90 Å². The first kappa shape index (κ1) is 18.2. The Morgan fingerprint density at radius 2 is 2.27 bits per heavy atom. The number of carbonyl (C=O) groups excluding carboxylic acids is 1. The number of ether oxygens (including phenoxy) is 1. The second-order valence-corrected chi connectivity index (χ2v) is 6.37. The molecule has 1 aliphatic rings. The number of rotatable bonds is 7. The summed E-state index contributed by atoms with van der Waals surface area (Å²) in [7, 11) is -3.94. The van der Waals surface area contributed by atoms with Crippen molar-refractivity contribution in [2.24, 2.45) is 0 Å². The Kier molecular flexibility index (Phi) is 7.08.